The van der Waals surface area contributed by atoms with Crippen molar-refractivity contribution in [1.29, 1.82) is 0 Å². The van der Waals surface area contributed by atoms with Gasteiger partial charge in [-0.1, -0.05) is 12.0 Å². The van der Waals surface area contributed by atoms with Crippen LogP contribution in [0.1, 0.15) is 19.4 Å². The number of hydrogen-bond acceptors (Lipinski definition) is 4. The van der Waals surface area contributed by atoms with Crippen LogP contribution in [0.15, 0.2) is 28.9 Å². The van der Waals surface area contributed by atoms with E-state index in [1.165, 1.54) is 19.1 Å². The second-order valence-electron chi connectivity index (χ2n) is 6.41. The van der Waals surface area contributed by atoms with Crippen LogP contribution < -0.4 is 14.5 Å². The van der Waals surface area contributed by atoms with Crippen LogP contribution in [0, 0.1) is 41.4 Å². The van der Waals surface area contributed by atoms with Crippen molar-refractivity contribution in [3.05, 3.63) is 58.4 Å². The average molecular weight is 450 g/mol. The Labute approximate surface area is 179 Å². The van der Waals surface area contributed by atoms with Crippen molar-refractivity contribution in [1.82, 2.24) is 0 Å². The zero-order valence-corrected chi connectivity index (χ0v) is 16.8. The molecule has 32 heavy (non-hydrogen) atoms. The molecular weight excluding hydrogens is 435 g/mol. The molecule has 0 unspecified atom stereocenters. The molecule has 166 valence electrons. The van der Waals surface area contributed by atoms with Crippen LogP contribution in [0.3, 0.4) is 0 Å². The van der Waals surface area contributed by atoms with Crippen molar-refractivity contribution >= 4 is 23.4 Å². The molecule has 0 N–H and O–H groups in total. The van der Waals surface area contributed by atoms with E-state index in [0.717, 1.165) is 0 Å². The van der Waals surface area contributed by atoms with E-state index in [0.29, 0.717) is 23.7 Å². The van der Waals surface area contributed by atoms with Crippen LogP contribution in [0.25, 0.3) is 6.08 Å². The molecule has 0 saturated heterocycles. The highest BCUT2D eigenvalue weighted by Gasteiger charge is 2.37. The first-order chi connectivity index (χ1) is 15.2. The molecule has 1 aliphatic heterocycles. The van der Waals surface area contributed by atoms with Crippen LogP contribution in [0.4, 0.5) is 27.6 Å². The van der Waals surface area contributed by atoms with E-state index in [1.54, 1.807) is 19.1 Å². The maximum atomic E-state index is 14.1. The summed E-state index contributed by atoms with van der Waals surface area (Å²) in [6.45, 7) is 3.40. The van der Waals surface area contributed by atoms with E-state index >= 15 is 0 Å². The fourth-order valence-electron chi connectivity index (χ4n) is 2.90. The predicted octanol–water partition coefficient (Wildman–Crippen LogP) is 4.60. The lowest BCUT2D eigenvalue weighted by Gasteiger charge is -2.15. The van der Waals surface area contributed by atoms with Crippen LogP contribution in [0.2, 0.25) is 0 Å². The summed E-state index contributed by atoms with van der Waals surface area (Å²) in [4.78, 5) is 12.7. The number of terminal acetylenes is 1. The van der Waals surface area contributed by atoms with E-state index in [1.807, 2.05) is 0 Å². The molecule has 1 heterocycles. The third-order valence-corrected chi connectivity index (χ3v) is 4.35. The van der Waals surface area contributed by atoms with Gasteiger partial charge in [0.15, 0.2) is 34.8 Å². The maximum Gasteiger partial charge on any atom is 0.280 e. The minimum Gasteiger partial charge on any atom is -0.490 e. The molecule has 0 saturated carbocycles. The van der Waals surface area contributed by atoms with Crippen molar-refractivity contribution in [2.75, 3.05) is 18.2 Å². The van der Waals surface area contributed by atoms with Gasteiger partial charge in [0.1, 0.15) is 12.3 Å². The first-order valence-corrected chi connectivity index (χ1v) is 9.17. The Balaban J connectivity index is 2.01. The number of amides is 1. The highest BCUT2D eigenvalue weighted by atomic mass is 19.2. The number of nitrogens with zero attached hydrogens (tertiary/aromatic N) is 2. The second-order valence-corrected chi connectivity index (χ2v) is 6.41. The quantitative estimate of drug-likeness (QED) is 0.213. The summed E-state index contributed by atoms with van der Waals surface area (Å²) in [6.07, 6.45) is 6.51. The number of carbonyl (C=O) groups is 1. The number of anilines is 1. The summed E-state index contributed by atoms with van der Waals surface area (Å²) in [6, 6.07) is 4.63. The van der Waals surface area contributed by atoms with Gasteiger partial charge in [-0.05, 0) is 37.6 Å². The molecular formula is C22H15F5N2O3. The summed E-state index contributed by atoms with van der Waals surface area (Å²) in [5, 5.41) is 3.83. The summed E-state index contributed by atoms with van der Waals surface area (Å²) >= 11 is 0. The molecule has 0 radical (unpaired) electrons. The average Bonchev–Trinajstić information content (AvgIpc) is 3.04. The number of carbonyl (C=O) groups excluding carboxylic acids is 1. The normalized spacial score (nSPS) is 14.6. The molecule has 0 bridgehead atoms. The standard InChI is InChI=1S/C22H15F5N2O3/c1-4-8-32-14-7-6-12(10-15(14)31-5-2)9-13-11(3)28-29(22(13)30)21-19(26)17(24)16(23)18(25)20(21)27/h1,6-7,9-10H,5,8H2,2-3H3/b13-9+. The van der Waals surface area contributed by atoms with Crippen molar-refractivity contribution in [2.45, 2.75) is 13.8 Å². The molecule has 1 aliphatic rings. The number of rotatable bonds is 6. The van der Waals surface area contributed by atoms with Crippen LogP contribution in [0.5, 0.6) is 11.5 Å². The fraction of sp³-hybridized carbons (Fsp3) is 0.182. The van der Waals surface area contributed by atoms with E-state index in [-0.39, 0.29) is 22.9 Å². The van der Waals surface area contributed by atoms with Gasteiger partial charge in [0.2, 0.25) is 5.82 Å². The maximum absolute atomic E-state index is 14.1. The number of hydrogen-bond donors (Lipinski definition) is 0. The van der Waals surface area contributed by atoms with Crippen molar-refractivity contribution in [3.63, 3.8) is 0 Å². The zero-order valence-electron chi connectivity index (χ0n) is 16.8. The van der Waals surface area contributed by atoms with E-state index in [9.17, 15) is 26.7 Å². The first-order valence-electron chi connectivity index (χ1n) is 9.17. The SMILES string of the molecule is C#CCOc1ccc(/C=C2/C(=O)N(c3c(F)c(F)c(F)c(F)c3F)N=C2C)cc1OCC. The summed E-state index contributed by atoms with van der Waals surface area (Å²) in [7, 11) is 0. The topological polar surface area (TPSA) is 51.1 Å². The molecule has 0 atom stereocenters. The minimum absolute atomic E-state index is 0.00163. The van der Waals surface area contributed by atoms with Gasteiger partial charge in [-0.2, -0.15) is 10.1 Å². The Morgan fingerprint density at radius 3 is 2.25 bits per heavy atom. The van der Waals surface area contributed by atoms with Gasteiger partial charge in [0.05, 0.1) is 17.9 Å². The number of hydrazone groups is 1. The van der Waals surface area contributed by atoms with Crippen LogP contribution in [-0.4, -0.2) is 24.8 Å². The lowest BCUT2D eigenvalue weighted by molar-refractivity contribution is -0.114. The van der Waals surface area contributed by atoms with E-state index in [2.05, 4.69) is 11.0 Å². The molecule has 1 amide bonds. The smallest absolute Gasteiger partial charge is 0.280 e. The Hall–Kier alpha value is -3.87. The van der Waals surface area contributed by atoms with E-state index in [4.69, 9.17) is 15.9 Å². The number of halogens is 5. The monoisotopic (exact) mass is 450 g/mol. The summed E-state index contributed by atoms with van der Waals surface area (Å²) in [5.74, 6) is -9.09. The molecule has 0 fully saturated rings. The van der Waals surface area contributed by atoms with Crippen LogP contribution in [-0.2, 0) is 4.79 Å². The highest BCUT2D eigenvalue weighted by Crippen LogP contribution is 2.35. The number of benzene rings is 2. The minimum atomic E-state index is -2.33. The lowest BCUT2D eigenvalue weighted by Crippen LogP contribution is -2.25. The number of ether oxygens (including phenoxy) is 2. The second kappa shape index (κ2) is 9.09. The molecule has 2 aromatic carbocycles. The van der Waals surface area contributed by atoms with Gasteiger partial charge in [0.25, 0.3) is 5.91 Å². The van der Waals surface area contributed by atoms with Crippen molar-refractivity contribution in [2.24, 2.45) is 5.10 Å². The summed E-state index contributed by atoms with van der Waals surface area (Å²) in [5.41, 5.74) is -1.14. The molecule has 0 aromatic heterocycles. The molecule has 5 nitrogen and oxygen atoms in total. The summed E-state index contributed by atoms with van der Waals surface area (Å²) < 4.78 is 79.6. The Morgan fingerprint density at radius 1 is 1.03 bits per heavy atom. The third-order valence-electron chi connectivity index (χ3n) is 4.35. The fourth-order valence-corrected chi connectivity index (χ4v) is 2.90. The van der Waals surface area contributed by atoms with Gasteiger partial charge in [-0.15, -0.1) is 6.42 Å². The molecule has 2 aromatic rings. The van der Waals surface area contributed by atoms with Crippen molar-refractivity contribution in [3.8, 4) is 23.8 Å². The molecule has 0 aliphatic carbocycles. The lowest BCUT2D eigenvalue weighted by atomic mass is 10.1. The largest absolute Gasteiger partial charge is 0.490 e. The molecule has 10 heteroatoms. The molecule has 3 rings (SSSR count). The van der Waals surface area contributed by atoms with Gasteiger partial charge < -0.3 is 9.47 Å². The van der Waals surface area contributed by atoms with Gasteiger partial charge in [0, 0.05) is 0 Å². The Morgan fingerprint density at radius 2 is 1.66 bits per heavy atom. The van der Waals surface area contributed by atoms with Gasteiger partial charge in [-0.3, -0.25) is 4.79 Å². The van der Waals surface area contributed by atoms with Crippen LogP contribution >= 0.6 is 0 Å². The Kier molecular flexibility index (Phi) is 6.48. The first kappa shape index (κ1) is 22.8. The Bertz CT molecular complexity index is 1170. The molecule has 0 spiro atoms. The van der Waals surface area contributed by atoms with Gasteiger partial charge in [-0.25, -0.2) is 22.0 Å². The zero-order chi connectivity index (χ0) is 23.6. The van der Waals surface area contributed by atoms with Crippen molar-refractivity contribution < 1.29 is 36.2 Å². The highest BCUT2D eigenvalue weighted by molar-refractivity contribution is 6.32. The third kappa shape index (κ3) is 4.01. The predicted molar refractivity (Wildman–Crippen MR) is 107 cm³/mol. The van der Waals surface area contributed by atoms with Gasteiger partial charge >= 0.3 is 0 Å². The van der Waals surface area contributed by atoms with E-state index < -0.39 is 40.7 Å².